The Balaban J connectivity index is 2.16. The summed E-state index contributed by atoms with van der Waals surface area (Å²) in [5.74, 6) is 2.01. The van der Waals surface area contributed by atoms with E-state index >= 15 is 0 Å². The van der Waals surface area contributed by atoms with Crippen molar-refractivity contribution in [3.63, 3.8) is 0 Å². The Labute approximate surface area is 121 Å². The van der Waals surface area contributed by atoms with Crippen LogP contribution in [0.4, 0.5) is 0 Å². The molecule has 3 nitrogen and oxygen atoms in total. The van der Waals surface area contributed by atoms with Gasteiger partial charge in [0.05, 0.1) is 17.9 Å². The normalized spacial score (nSPS) is 13.2. The summed E-state index contributed by atoms with van der Waals surface area (Å²) in [6.45, 7) is 8.76. The van der Waals surface area contributed by atoms with Crippen LogP contribution in [0, 0.1) is 5.92 Å². The van der Waals surface area contributed by atoms with Crippen LogP contribution < -0.4 is 5.73 Å². The van der Waals surface area contributed by atoms with Gasteiger partial charge in [0.15, 0.2) is 0 Å². The van der Waals surface area contributed by atoms with E-state index in [4.69, 9.17) is 5.73 Å². The average Bonchev–Trinajstić information content (AvgIpc) is 2.87. The van der Waals surface area contributed by atoms with Crippen LogP contribution in [0.25, 0.3) is 11.3 Å². The van der Waals surface area contributed by atoms with Gasteiger partial charge in [-0.3, -0.25) is 0 Å². The van der Waals surface area contributed by atoms with Crippen LogP contribution in [0.15, 0.2) is 30.5 Å². The van der Waals surface area contributed by atoms with E-state index < -0.39 is 0 Å². The lowest BCUT2D eigenvalue weighted by molar-refractivity contribution is 0.496. The highest BCUT2D eigenvalue weighted by atomic mass is 15.0. The molecule has 1 aromatic heterocycles. The van der Waals surface area contributed by atoms with E-state index in [-0.39, 0.29) is 6.04 Å². The fourth-order valence-electron chi connectivity index (χ4n) is 2.34. The van der Waals surface area contributed by atoms with Crippen molar-refractivity contribution < 1.29 is 0 Å². The molecule has 1 atom stereocenters. The summed E-state index contributed by atoms with van der Waals surface area (Å²) in [5.41, 5.74) is 9.70. The standard InChI is InChI=1S/C17H25N3/c1-11(2)9-15(18)17-19-10-16(20-17)14-7-5-13(6-8-14)12(3)4/h5-8,10-12,15H,9,18H2,1-4H3,(H,19,20). The topological polar surface area (TPSA) is 54.7 Å². The van der Waals surface area contributed by atoms with Crippen LogP contribution in [0.1, 0.15) is 57.5 Å². The molecule has 3 N–H and O–H groups in total. The lowest BCUT2D eigenvalue weighted by Gasteiger charge is -2.11. The molecule has 2 rings (SSSR count). The number of aromatic amines is 1. The van der Waals surface area contributed by atoms with E-state index in [1.54, 1.807) is 0 Å². The van der Waals surface area contributed by atoms with Crippen LogP contribution in [-0.2, 0) is 0 Å². The van der Waals surface area contributed by atoms with Crippen LogP contribution in [-0.4, -0.2) is 9.97 Å². The van der Waals surface area contributed by atoms with Crippen molar-refractivity contribution in [2.24, 2.45) is 11.7 Å². The van der Waals surface area contributed by atoms with E-state index in [1.807, 2.05) is 6.20 Å². The van der Waals surface area contributed by atoms with Crippen molar-refractivity contribution in [1.82, 2.24) is 9.97 Å². The Morgan fingerprint density at radius 1 is 1.10 bits per heavy atom. The summed E-state index contributed by atoms with van der Waals surface area (Å²) in [7, 11) is 0. The fraction of sp³-hybridized carbons (Fsp3) is 0.471. The van der Waals surface area contributed by atoms with Gasteiger partial charge in [0, 0.05) is 0 Å². The smallest absolute Gasteiger partial charge is 0.123 e. The molecule has 1 unspecified atom stereocenters. The lowest BCUT2D eigenvalue weighted by Crippen LogP contribution is -2.14. The van der Waals surface area contributed by atoms with Gasteiger partial charge in [0.2, 0.25) is 0 Å². The van der Waals surface area contributed by atoms with Crippen LogP contribution in [0.2, 0.25) is 0 Å². The number of benzene rings is 1. The summed E-state index contributed by atoms with van der Waals surface area (Å²) in [6.07, 6.45) is 2.82. The van der Waals surface area contributed by atoms with Gasteiger partial charge in [-0.25, -0.2) is 4.98 Å². The maximum atomic E-state index is 6.16. The van der Waals surface area contributed by atoms with Gasteiger partial charge in [0.1, 0.15) is 5.82 Å². The quantitative estimate of drug-likeness (QED) is 0.854. The van der Waals surface area contributed by atoms with Crippen LogP contribution >= 0.6 is 0 Å². The average molecular weight is 271 g/mol. The number of nitrogens with two attached hydrogens (primary N) is 1. The van der Waals surface area contributed by atoms with Crippen LogP contribution in [0.3, 0.4) is 0 Å². The number of hydrogen-bond donors (Lipinski definition) is 2. The predicted molar refractivity (Wildman–Crippen MR) is 84.5 cm³/mol. The van der Waals surface area contributed by atoms with Crippen molar-refractivity contribution in [1.29, 1.82) is 0 Å². The van der Waals surface area contributed by atoms with Gasteiger partial charge in [-0.2, -0.15) is 0 Å². The number of nitrogens with one attached hydrogen (secondary N) is 1. The first-order chi connectivity index (χ1) is 9.47. The van der Waals surface area contributed by atoms with Crippen molar-refractivity contribution in [2.45, 2.75) is 46.1 Å². The predicted octanol–water partition coefficient (Wildman–Crippen LogP) is 4.25. The van der Waals surface area contributed by atoms with E-state index in [1.165, 1.54) is 5.56 Å². The first kappa shape index (κ1) is 14.8. The molecule has 3 heteroatoms. The molecule has 0 saturated heterocycles. The summed E-state index contributed by atoms with van der Waals surface area (Å²) < 4.78 is 0. The number of nitrogens with zero attached hydrogens (tertiary/aromatic N) is 1. The molecule has 1 aromatic carbocycles. The van der Waals surface area contributed by atoms with E-state index in [9.17, 15) is 0 Å². The molecular weight excluding hydrogens is 246 g/mol. The number of rotatable bonds is 5. The molecule has 0 bridgehead atoms. The monoisotopic (exact) mass is 271 g/mol. The van der Waals surface area contributed by atoms with Crippen molar-refractivity contribution >= 4 is 0 Å². The molecule has 0 aliphatic carbocycles. The maximum Gasteiger partial charge on any atom is 0.123 e. The molecule has 0 saturated carbocycles. The van der Waals surface area contributed by atoms with Gasteiger partial charge in [-0.1, -0.05) is 52.0 Å². The first-order valence-electron chi connectivity index (χ1n) is 7.38. The largest absolute Gasteiger partial charge is 0.341 e. The third-order valence-electron chi connectivity index (χ3n) is 3.56. The van der Waals surface area contributed by atoms with Gasteiger partial charge < -0.3 is 10.7 Å². The zero-order chi connectivity index (χ0) is 14.7. The number of imidazole rings is 1. The molecule has 0 aliphatic rings. The SMILES string of the molecule is CC(C)CC(N)c1ncc(-c2ccc(C(C)C)cc2)[nH]1. The molecule has 1 heterocycles. The second kappa shape index (κ2) is 6.23. The molecule has 0 fully saturated rings. The van der Waals surface area contributed by atoms with Crippen LogP contribution in [0.5, 0.6) is 0 Å². The molecule has 0 amide bonds. The molecule has 0 radical (unpaired) electrons. The second-order valence-corrected chi connectivity index (χ2v) is 6.19. The Hall–Kier alpha value is -1.61. The van der Waals surface area contributed by atoms with Gasteiger partial charge in [0.25, 0.3) is 0 Å². The zero-order valence-electron chi connectivity index (χ0n) is 12.9. The second-order valence-electron chi connectivity index (χ2n) is 6.19. The summed E-state index contributed by atoms with van der Waals surface area (Å²) >= 11 is 0. The highest BCUT2D eigenvalue weighted by Gasteiger charge is 2.12. The molecule has 0 aliphatic heterocycles. The first-order valence-corrected chi connectivity index (χ1v) is 7.38. The van der Waals surface area contributed by atoms with Crippen molar-refractivity contribution in [3.8, 4) is 11.3 Å². The molecule has 0 spiro atoms. The number of hydrogen-bond acceptors (Lipinski definition) is 2. The Morgan fingerprint density at radius 2 is 1.75 bits per heavy atom. The summed E-state index contributed by atoms with van der Waals surface area (Å²) in [6, 6.07) is 8.61. The molecule has 2 aromatic rings. The van der Waals surface area contributed by atoms with Crippen molar-refractivity contribution in [3.05, 3.63) is 41.9 Å². The molecule has 20 heavy (non-hydrogen) atoms. The Morgan fingerprint density at radius 3 is 2.30 bits per heavy atom. The Kier molecular flexibility index (Phi) is 4.61. The summed E-state index contributed by atoms with van der Waals surface area (Å²) in [4.78, 5) is 7.77. The molecular formula is C17H25N3. The highest BCUT2D eigenvalue weighted by molar-refractivity contribution is 5.59. The van der Waals surface area contributed by atoms with Gasteiger partial charge in [-0.05, 0) is 29.4 Å². The number of aromatic nitrogens is 2. The minimum Gasteiger partial charge on any atom is -0.341 e. The van der Waals surface area contributed by atoms with E-state index in [2.05, 4.69) is 61.9 Å². The maximum absolute atomic E-state index is 6.16. The Bertz CT molecular complexity index is 538. The third-order valence-corrected chi connectivity index (χ3v) is 3.56. The van der Waals surface area contributed by atoms with E-state index in [0.29, 0.717) is 11.8 Å². The number of H-pyrrole nitrogens is 1. The van der Waals surface area contributed by atoms with Gasteiger partial charge >= 0.3 is 0 Å². The molecule has 108 valence electrons. The third kappa shape index (κ3) is 3.48. The lowest BCUT2D eigenvalue weighted by atomic mass is 10.0. The minimum atomic E-state index is -0.0151. The van der Waals surface area contributed by atoms with Gasteiger partial charge in [-0.15, -0.1) is 0 Å². The van der Waals surface area contributed by atoms with Crippen molar-refractivity contribution in [2.75, 3.05) is 0 Å². The zero-order valence-corrected chi connectivity index (χ0v) is 12.9. The fourth-order valence-corrected chi connectivity index (χ4v) is 2.34. The summed E-state index contributed by atoms with van der Waals surface area (Å²) in [5, 5.41) is 0. The highest BCUT2D eigenvalue weighted by Crippen LogP contribution is 2.23. The minimum absolute atomic E-state index is 0.0151. The van der Waals surface area contributed by atoms with E-state index in [0.717, 1.165) is 23.5 Å².